The second-order valence-electron chi connectivity index (χ2n) is 10.4. The maximum atomic E-state index is 6.27. The van der Waals surface area contributed by atoms with Crippen molar-refractivity contribution in [2.45, 2.75) is 90.0 Å². The molecule has 0 radical (unpaired) electrons. The molecule has 0 amide bonds. The van der Waals surface area contributed by atoms with Crippen LogP contribution in [0.2, 0.25) is 0 Å². The van der Waals surface area contributed by atoms with Crippen LogP contribution in [0.1, 0.15) is 65.9 Å². The summed E-state index contributed by atoms with van der Waals surface area (Å²) >= 11 is 0. The van der Waals surface area contributed by atoms with Gasteiger partial charge in [-0.15, -0.1) is 0 Å². The molecule has 1 saturated heterocycles. The van der Waals surface area contributed by atoms with Gasteiger partial charge in [-0.3, -0.25) is 0 Å². The Morgan fingerprint density at radius 2 is 1.71 bits per heavy atom. The average Bonchev–Trinajstić information content (AvgIpc) is 2.94. The first-order valence-electron chi connectivity index (χ1n) is 11.7. The molecule has 4 rings (SSSR count). The van der Waals surface area contributed by atoms with Crippen molar-refractivity contribution in [2.75, 3.05) is 19.4 Å². The molecule has 1 aliphatic carbocycles. The summed E-state index contributed by atoms with van der Waals surface area (Å²) in [6.07, 6.45) is 7.58. The lowest BCUT2D eigenvalue weighted by Crippen LogP contribution is -2.41. The van der Waals surface area contributed by atoms with Crippen LogP contribution in [0, 0.1) is 0 Å². The Morgan fingerprint density at radius 1 is 1.06 bits per heavy atom. The lowest BCUT2D eigenvalue weighted by Gasteiger charge is -2.33. The fraction of sp³-hybridized carbons (Fsp3) is 0.667. The first kappa shape index (κ1) is 22.5. The van der Waals surface area contributed by atoms with Crippen molar-refractivity contribution >= 4 is 29.4 Å². The summed E-state index contributed by atoms with van der Waals surface area (Å²) in [5.74, 6) is 0.735. The van der Waals surface area contributed by atoms with E-state index < -0.39 is 0 Å². The number of nitrogens with one attached hydrogen (secondary N) is 1. The highest BCUT2D eigenvalue weighted by molar-refractivity contribution is 6.62. The molecule has 31 heavy (non-hydrogen) atoms. The van der Waals surface area contributed by atoms with Crippen molar-refractivity contribution < 1.29 is 9.31 Å². The van der Waals surface area contributed by atoms with Crippen LogP contribution in [0.4, 0.5) is 5.95 Å². The summed E-state index contributed by atoms with van der Waals surface area (Å²) in [6, 6.07) is 5.44. The van der Waals surface area contributed by atoms with Gasteiger partial charge in [-0.1, -0.05) is 19.1 Å². The quantitative estimate of drug-likeness (QED) is 0.738. The van der Waals surface area contributed by atoms with Crippen LogP contribution in [0.3, 0.4) is 0 Å². The van der Waals surface area contributed by atoms with Crippen molar-refractivity contribution in [3.8, 4) is 0 Å². The number of benzene rings is 1. The Hall–Kier alpha value is -1.70. The van der Waals surface area contributed by atoms with Gasteiger partial charge in [-0.2, -0.15) is 0 Å². The van der Waals surface area contributed by atoms with Crippen molar-refractivity contribution in [3.05, 3.63) is 23.9 Å². The molecule has 1 saturated carbocycles. The highest BCUT2D eigenvalue weighted by Crippen LogP contribution is 2.36. The van der Waals surface area contributed by atoms with E-state index in [1.54, 1.807) is 0 Å². The molecule has 2 aliphatic rings. The summed E-state index contributed by atoms with van der Waals surface area (Å²) in [4.78, 5) is 11.9. The standard InChI is InChI=1S/C24H37BN4O2/c1-8-16-13-18(25-30-23(2,3)24(4,5)31-25)14-17-15-26-22(28-21(16)17)27-19-9-11-20(12-10-19)29(6)7/h13-15,19-20H,8-12H2,1-7H3,(H,26,27,28)/t19-,20-. The monoisotopic (exact) mass is 424 g/mol. The zero-order chi connectivity index (χ0) is 22.4. The van der Waals surface area contributed by atoms with Gasteiger partial charge in [-0.25, -0.2) is 9.97 Å². The number of rotatable bonds is 5. The normalized spacial score (nSPS) is 25.4. The Kier molecular flexibility index (Phi) is 6.05. The van der Waals surface area contributed by atoms with Crippen LogP contribution in [0.5, 0.6) is 0 Å². The SMILES string of the molecule is CCc1cc(B2OC(C)(C)C(C)(C)O2)cc2cnc(N[C@H]3CC[C@H](N(C)C)CC3)nc12. The van der Waals surface area contributed by atoms with Crippen LogP contribution >= 0.6 is 0 Å². The zero-order valence-corrected chi connectivity index (χ0v) is 20.2. The fourth-order valence-electron chi connectivity index (χ4n) is 4.62. The van der Waals surface area contributed by atoms with Crippen molar-refractivity contribution in [1.29, 1.82) is 0 Å². The van der Waals surface area contributed by atoms with Gasteiger partial charge in [0.05, 0.1) is 16.7 Å². The molecule has 2 aromatic rings. The first-order chi connectivity index (χ1) is 14.6. The van der Waals surface area contributed by atoms with Gasteiger partial charge >= 0.3 is 7.12 Å². The van der Waals surface area contributed by atoms with E-state index in [4.69, 9.17) is 14.3 Å². The lowest BCUT2D eigenvalue weighted by atomic mass is 9.77. The molecular formula is C24H37BN4O2. The molecule has 2 heterocycles. The van der Waals surface area contributed by atoms with E-state index in [2.05, 4.69) is 76.0 Å². The molecule has 7 heteroatoms. The third kappa shape index (κ3) is 4.45. The van der Waals surface area contributed by atoms with Gasteiger partial charge in [-0.05, 0) is 84.9 Å². The van der Waals surface area contributed by atoms with Crippen LogP contribution in [0.25, 0.3) is 10.9 Å². The second kappa shape index (κ2) is 8.34. The largest absolute Gasteiger partial charge is 0.494 e. The van der Waals surface area contributed by atoms with Crippen LogP contribution in [0.15, 0.2) is 18.3 Å². The van der Waals surface area contributed by atoms with E-state index in [9.17, 15) is 0 Å². The van der Waals surface area contributed by atoms with E-state index >= 15 is 0 Å². The summed E-state index contributed by atoms with van der Waals surface area (Å²) in [5.41, 5.74) is 2.55. The Labute approximate surface area is 187 Å². The van der Waals surface area contributed by atoms with Crippen LogP contribution in [-0.2, 0) is 15.7 Å². The van der Waals surface area contributed by atoms with Crippen molar-refractivity contribution in [2.24, 2.45) is 0 Å². The Balaban J connectivity index is 1.55. The predicted molar refractivity (Wildman–Crippen MR) is 128 cm³/mol. The Bertz CT molecular complexity index is 923. The summed E-state index contributed by atoms with van der Waals surface area (Å²) in [7, 11) is 3.98. The highest BCUT2D eigenvalue weighted by atomic mass is 16.7. The topological polar surface area (TPSA) is 59.5 Å². The molecule has 168 valence electrons. The molecule has 1 aromatic heterocycles. The third-order valence-electron chi connectivity index (χ3n) is 7.45. The van der Waals surface area contributed by atoms with Crippen LogP contribution < -0.4 is 10.8 Å². The molecular weight excluding hydrogens is 387 g/mol. The molecule has 6 nitrogen and oxygen atoms in total. The fourth-order valence-corrected chi connectivity index (χ4v) is 4.62. The molecule has 2 fully saturated rings. The predicted octanol–water partition coefficient (Wildman–Crippen LogP) is 3.78. The molecule has 1 aromatic carbocycles. The minimum absolute atomic E-state index is 0.352. The van der Waals surface area contributed by atoms with Gasteiger partial charge in [0.1, 0.15) is 0 Å². The van der Waals surface area contributed by atoms with Crippen molar-refractivity contribution in [3.63, 3.8) is 0 Å². The van der Waals surface area contributed by atoms with E-state index in [0.29, 0.717) is 12.1 Å². The number of hydrogen-bond donors (Lipinski definition) is 1. The summed E-state index contributed by atoms with van der Waals surface area (Å²) in [5, 5.41) is 4.62. The Morgan fingerprint density at radius 3 is 2.29 bits per heavy atom. The maximum Gasteiger partial charge on any atom is 0.494 e. The number of fused-ring (bicyclic) bond motifs is 1. The van der Waals surface area contributed by atoms with E-state index in [-0.39, 0.29) is 18.3 Å². The molecule has 0 atom stereocenters. The average molecular weight is 424 g/mol. The summed E-state index contributed by atoms with van der Waals surface area (Å²) in [6.45, 7) is 10.5. The minimum atomic E-state index is -0.371. The number of nitrogens with zero attached hydrogens (tertiary/aromatic N) is 3. The number of anilines is 1. The minimum Gasteiger partial charge on any atom is -0.399 e. The van der Waals surface area contributed by atoms with Crippen LogP contribution in [-0.4, -0.2) is 59.4 Å². The maximum absolute atomic E-state index is 6.27. The smallest absolute Gasteiger partial charge is 0.399 e. The summed E-state index contributed by atoms with van der Waals surface area (Å²) < 4.78 is 12.5. The molecule has 1 N–H and O–H groups in total. The number of hydrogen-bond acceptors (Lipinski definition) is 6. The van der Waals surface area contributed by atoms with E-state index in [1.807, 2.05) is 6.20 Å². The van der Waals surface area contributed by atoms with Gasteiger partial charge in [0, 0.05) is 23.7 Å². The highest BCUT2D eigenvalue weighted by Gasteiger charge is 2.51. The van der Waals surface area contributed by atoms with E-state index in [1.165, 1.54) is 18.4 Å². The van der Waals surface area contributed by atoms with Gasteiger partial charge in [0.25, 0.3) is 0 Å². The molecule has 0 unspecified atom stereocenters. The molecule has 1 aliphatic heterocycles. The first-order valence-corrected chi connectivity index (χ1v) is 11.7. The third-order valence-corrected chi connectivity index (χ3v) is 7.45. The van der Waals surface area contributed by atoms with Gasteiger partial charge in [0.15, 0.2) is 0 Å². The zero-order valence-electron chi connectivity index (χ0n) is 20.2. The molecule has 0 spiro atoms. The van der Waals surface area contributed by atoms with Crippen molar-refractivity contribution in [1.82, 2.24) is 14.9 Å². The van der Waals surface area contributed by atoms with E-state index in [0.717, 1.165) is 41.6 Å². The molecule has 0 bridgehead atoms. The van der Waals surface area contributed by atoms with Gasteiger partial charge < -0.3 is 19.5 Å². The lowest BCUT2D eigenvalue weighted by molar-refractivity contribution is 0.00578. The second-order valence-corrected chi connectivity index (χ2v) is 10.4. The number of aromatic nitrogens is 2. The number of aryl methyl sites for hydroxylation is 1. The van der Waals surface area contributed by atoms with Gasteiger partial charge in [0.2, 0.25) is 5.95 Å².